The van der Waals surface area contributed by atoms with E-state index in [4.69, 9.17) is 0 Å². The Morgan fingerprint density at radius 1 is 1.10 bits per heavy atom. The first kappa shape index (κ1) is 19.0. The van der Waals surface area contributed by atoms with Crippen molar-refractivity contribution in [1.82, 2.24) is 15.0 Å². The Labute approximate surface area is 173 Å². The van der Waals surface area contributed by atoms with Crippen molar-refractivity contribution in [2.75, 3.05) is 23.8 Å². The predicted octanol–water partition coefficient (Wildman–Crippen LogP) is 4.53. The molecule has 4 rings (SSSR count). The number of amides is 1. The zero-order valence-corrected chi connectivity index (χ0v) is 17.1. The van der Waals surface area contributed by atoms with Gasteiger partial charge in [0.2, 0.25) is 5.91 Å². The Morgan fingerprint density at radius 2 is 1.93 bits per heavy atom. The van der Waals surface area contributed by atoms with E-state index in [0.29, 0.717) is 18.8 Å². The first-order valence-corrected chi connectivity index (χ1v) is 10.2. The summed E-state index contributed by atoms with van der Waals surface area (Å²) in [6.45, 7) is 2.51. The SMILES string of the molecule is Cc1ccnc(NC(=O)CCN(C)c2ncnc3sc(-c4ccccc4)cc23)c1. The lowest BCUT2D eigenvalue weighted by Gasteiger charge is -2.18. The molecule has 0 aliphatic heterocycles. The van der Waals surface area contributed by atoms with Gasteiger partial charge >= 0.3 is 0 Å². The largest absolute Gasteiger partial charge is 0.359 e. The third-order valence-electron chi connectivity index (χ3n) is 4.59. The molecule has 0 spiro atoms. The first-order valence-electron chi connectivity index (χ1n) is 9.34. The molecule has 7 heteroatoms. The number of carbonyl (C=O) groups is 1. The van der Waals surface area contributed by atoms with Crippen LogP contribution in [-0.2, 0) is 4.79 Å². The first-order chi connectivity index (χ1) is 14.1. The van der Waals surface area contributed by atoms with Crippen LogP contribution in [0.1, 0.15) is 12.0 Å². The van der Waals surface area contributed by atoms with E-state index < -0.39 is 0 Å². The number of aromatic nitrogens is 3. The average molecular weight is 404 g/mol. The average Bonchev–Trinajstić information content (AvgIpc) is 3.17. The van der Waals surface area contributed by atoms with Gasteiger partial charge in [0.05, 0.1) is 5.39 Å². The lowest BCUT2D eigenvalue weighted by Crippen LogP contribution is -2.25. The molecule has 1 aromatic carbocycles. The number of fused-ring (bicyclic) bond motifs is 1. The fourth-order valence-electron chi connectivity index (χ4n) is 3.08. The van der Waals surface area contributed by atoms with E-state index in [-0.39, 0.29) is 5.91 Å². The number of pyridine rings is 1. The number of carbonyl (C=O) groups excluding carboxylic acids is 1. The minimum absolute atomic E-state index is 0.0736. The number of rotatable bonds is 6. The highest BCUT2D eigenvalue weighted by Gasteiger charge is 2.14. The van der Waals surface area contributed by atoms with Crippen molar-refractivity contribution < 1.29 is 4.79 Å². The number of hydrogen-bond acceptors (Lipinski definition) is 6. The number of benzene rings is 1. The summed E-state index contributed by atoms with van der Waals surface area (Å²) in [5, 5.41) is 3.84. The van der Waals surface area contributed by atoms with Gasteiger partial charge in [0.15, 0.2) is 0 Å². The molecule has 0 bridgehead atoms. The van der Waals surface area contributed by atoms with Crippen molar-refractivity contribution in [3.05, 3.63) is 66.6 Å². The van der Waals surface area contributed by atoms with Gasteiger partial charge in [-0.05, 0) is 36.2 Å². The van der Waals surface area contributed by atoms with Gasteiger partial charge in [-0.1, -0.05) is 30.3 Å². The van der Waals surface area contributed by atoms with Crippen molar-refractivity contribution in [1.29, 1.82) is 0 Å². The summed E-state index contributed by atoms with van der Waals surface area (Å²) < 4.78 is 0. The highest BCUT2D eigenvalue weighted by atomic mass is 32.1. The maximum Gasteiger partial charge on any atom is 0.227 e. The molecule has 146 valence electrons. The molecule has 0 saturated carbocycles. The van der Waals surface area contributed by atoms with Gasteiger partial charge in [-0.2, -0.15) is 0 Å². The van der Waals surface area contributed by atoms with Crippen LogP contribution in [0.5, 0.6) is 0 Å². The van der Waals surface area contributed by atoms with E-state index >= 15 is 0 Å². The Hall–Kier alpha value is -3.32. The van der Waals surface area contributed by atoms with Crippen molar-refractivity contribution >= 4 is 39.1 Å². The van der Waals surface area contributed by atoms with E-state index in [1.54, 1.807) is 23.9 Å². The van der Waals surface area contributed by atoms with Crippen molar-refractivity contribution in [2.45, 2.75) is 13.3 Å². The lowest BCUT2D eigenvalue weighted by atomic mass is 10.2. The zero-order chi connectivity index (χ0) is 20.2. The predicted molar refractivity (Wildman–Crippen MR) is 118 cm³/mol. The molecule has 4 aromatic rings. The molecule has 1 N–H and O–H groups in total. The number of aryl methyl sites for hydroxylation is 1. The molecule has 1 amide bonds. The highest BCUT2D eigenvalue weighted by molar-refractivity contribution is 7.21. The van der Waals surface area contributed by atoms with Crippen LogP contribution in [0, 0.1) is 6.92 Å². The Bertz CT molecular complexity index is 1140. The van der Waals surface area contributed by atoms with Crippen LogP contribution in [0.4, 0.5) is 11.6 Å². The molecule has 0 saturated heterocycles. The summed E-state index contributed by atoms with van der Waals surface area (Å²) in [5.41, 5.74) is 2.22. The van der Waals surface area contributed by atoms with Crippen LogP contribution in [0.2, 0.25) is 0 Å². The maximum absolute atomic E-state index is 12.3. The van der Waals surface area contributed by atoms with Crippen LogP contribution < -0.4 is 10.2 Å². The van der Waals surface area contributed by atoms with Crippen LogP contribution in [-0.4, -0.2) is 34.5 Å². The molecule has 0 fully saturated rings. The van der Waals surface area contributed by atoms with Gasteiger partial charge in [-0.3, -0.25) is 4.79 Å². The summed E-state index contributed by atoms with van der Waals surface area (Å²) >= 11 is 1.64. The summed E-state index contributed by atoms with van der Waals surface area (Å²) in [6.07, 6.45) is 3.61. The third-order valence-corrected chi connectivity index (χ3v) is 5.68. The van der Waals surface area contributed by atoms with Gasteiger partial charge in [0.1, 0.15) is 22.8 Å². The molecule has 0 aliphatic rings. The van der Waals surface area contributed by atoms with Crippen molar-refractivity contribution in [2.24, 2.45) is 0 Å². The summed E-state index contributed by atoms with van der Waals surface area (Å²) in [5.74, 6) is 1.33. The molecule has 0 unspecified atom stereocenters. The molecule has 3 heterocycles. The van der Waals surface area contributed by atoms with Crippen LogP contribution >= 0.6 is 11.3 Å². The molecular formula is C22H21N5OS. The minimum atomic E-state index is -0.0736. The highest BCUT2D eigenvalue weighted by Crippen LogP contribution is 2.35. The Balaban J connectivity index is 1.47. The van der Waals surface area contributed by atoms with E-state index in [2.05, 4.69) is 38.5 Å². The second kappa shape index (κ2) is 8.36. The minimum Gasteiger partial charge on any atom is -0.359 e. The summed E-state index contributed by atoms with van der Waals surface area (Å²) in [6, 6.07) is 16.1. The van der Waals surface area contributed by atoms with Gasteiger partial charge in [-0.15, -0.1) is 11.3 Å². The molecule has 0 atom stereocenters. The molecular weight excluding hydrogens is 382 g/mol. The number of nitrogens with one attached hydrogen (secondary N) is 1. The molecule has 3 aromatic heterocycles. The van der Waals surface area contributed by atoms with Crippen molar-refractivity contribution in [3.63, 3.8) is 0 Å². The van der Waals surface area contributed by atoms with Gasteiger partial charge in [-0.25, -0.2) is 15.0 Å². The van der Waals surface area contributed by atoms with Crippen molar-refractivity contribution in [3.8, 4) is 10.4 Å². The molecule has 29 heavy (non-hydrogen) atoms. The number of hydrogen-bond donors (Lipinski definition) is 1. The van der Waals surface area contributed by atoms with Crippen LogP contribution in [0.3, 0.4) is 0 Å². The van der Waals surface area contributed by atoms with Gasteiger partial charge < -0.3 is 10.2 Å². The zero-order valence-electron chi connectivity index (χ0n) is 16.3. The Kier molecular flexibility index (Phi) is 5.48. The second-order valence-electron chi connectivity index (χ2n) is 6.83. The molecule has 0 aliphatic carbocycles. The fourth-order valence-corrected chi connectivity index (χ4v) is 4.08. The summed E-state index contributed by atoms with van der Waals surface area (Å²) in [4.78, 5) is 29.4. The smallest absolute Gasteiger partial charge is 0.227 e. The maximum atomic E-state index is 12.3. The Morgan fingerprint density at radius 3 is 2.72 bits per heavy atom. The topological polar surface area (TPSA) is 71.0 Å². The summed E-state index contributed by atoms with van der Waals surface area (Å²) in [7, 11) is 1.94. The van der Waals surface area contributed by atoms with Crippen LogP contribution in [0.25, 0.3) is 20.7 Å². The normalized spacial score (nSPS) is 10.8. The van der Waals surface area contributed by atoms with E-state index in [0.717, 1.165) is 32.0 Å². The van der Waals surface area contributed by atoms with E-state index in [1.165, 1.54) is 0 Å². The third kappa shape index (κ3) is 4.41. The van der Waals surface area contributed by atoms with E-state index in [9.17, 15) is 4.79 Å². The molecule has 0 radical (unpaired) electrons. The lowest BCUT2D eigenvalue weighted by molar-refractivity contribution is -0.116. The van der Waals surface area contributed by atoms with Gasteiger partial charge in [0.25, 0.3) is 0 Å². The molecule has 6 nitrogen and oxygen atoms in total. The van der Waals surface area contributed by atoms with Gasteiger partial charge in [0, 0.05) is 31.1 Å². The fraction of sp³-hybridized carbons (Fsp3) is 0.182. The quantitative estimate of drug-likeness (QED) is 0.512. The monoisotopic (exact) mass is 403 g/mol. The second-order valence-corrected chi connectivity index (χ2v) is 7.86. The standard InChI is InChI=1S/C22H21N5OS/c1-15-8-10-23-19(12-15)26-20(28)9-11-27(2)21-17-13-18(16-6-4-3-5-7-16)29-22(17)25-14-24-21/h3-8,10,12-14H,9,11H2,1-2H3,(H,23,26,28). The van der Waals surface area contributed by atoms with Crippen LogP contribution in [0.15, 0.2) is 61.1 Å². The van der Waals surface area contributed by atoms with E-state index in [1.807, 2.05) is 49.2 Å². The number of anilines is 2. The number of nitrogens with zero attached hydrogens (tertiary/aromatic N) is 4. The number of thiophene rings is 1.